The summed E-state index contributed by atoms with van der Waals surface area (Å²) in [5, 5.41) is 5.77. The Morgan fingerprint density at radius 1 is 0.769 bits per heavy atom. The summed E-state index contributed by atoms with van der Waals surface area (Å²) in [5.74, 6) is -3.51. The maximum Gasteiger partial charge on any atom is 0.229 e. The molecule has 0 amide bonds. The molecule has 2 aromatic carbocycles. The minimum absolute atomic E-state index is 0.209. The van der Waals surface area contributed by atoms with Gasteiger partial charge in [0.25, 0.3) is 0 Å². The molecule has 0 atom stereocenters. The number of nitrogens with one attached hydrogen (secondary N) is 2. The third kappa shape index (κ3) is 3.77. The first kappa shape index (κ1) is 17.7. The summed E-state index contributed by atoms with van der Waals surface area (Å²) in [4.78, 5) is 8.56. The second-order valence-corrected chi connectivity index (χ2v) is 6.01. The normalized spacial score (nSPS) is 10.7. The van der Waals surface area contributed by atoms with Crippen LogP contribution in [0.15, 0.2) is 36.4 Å². The zero-order valence-corrected chi connectivity index (χ0v) is 14.5. The molecule has 2 N–H and O–H groups in total. The summed E-state index contributed by atoms with van der Waals surface area (Å²) in [6.45, 7) is 5.71. The standard InChI is InChI=1S/C19H17F3N4/c1-10-4-6-14(11(2)8-10)25-19-23-12(3)9-16(26-19)24-15-7-5-13(20)17(21)18(15)22/h4-9H,1-3H3,(H2,23,24,25,26). The van der Waals surface area contributed by atoms with E-state index in [1.807, 2.05) is 32.0 Å². The highest BCUT2D eigenvalue weighted by Crippen LogP contribution is 2.25. The molecular formula is C19H17F3N4. The van der Waals surface area contributed by atoms with Gasteiger partial charge < -0.3 is 10.6 Å². The highest BCUT2D eigenvalue weighted by molar-refractivity contribution is 5.62. The predicted molar refractivity (Wildman–Crippen MR) is 95.6 cm³/mol. The summed E-state index contributed by atoms with van der Waals surface area (Å²) in [5.41, 5.74) is 3.41. The van der Waals surface area contributed by atoms with Gasteiger partial charge >= 0.3 is 0 Å². The SMILES string of the molecule is Cc1ccc(Nc2nc(C)cc(Nc3ccc(F)c(F)c3F)n2)c(C)c1. The Morgan fingerprint density at radius 2 is 1.50 bits per heavy atom. The van der Waals surface area contributed by atoms with Gasteiger partial charge in [0.05, 0.1) is 5.69 Å². The number of nitrogens with zero attached hydrogens (tertiary/aromatic N) is 2. The summed E-state index contributed by atoms with van der Waals surface area (Å²) in [6.07, 6.45) is 0. The first-order chi connectivity index (χ1) is 12.3. The molecule has 1 aromatic heterocycles. The number of rotatable bonds is 4. The van der Waals surface area contributed by atoms with Gasteiger partial charge in [-0.15, -0.1) is 0 Å². The number of aryl methyl sites for hydroxylation is 3. The summed E-state index contributed by atoms with van der Waals surface area (Å²) in [6, 6.07) is 9.44. The Hall–Kier alpha value is -3.09. The fraction of sp³-hybridized carbons (Fsp3) is 0.158. The molecule has 7 heteroatoms. The van der Waals surface area contributed by atoms with Gasteiger partial charge in [0, 0.05) is 17.4 Å². The Bertz CT molecular complexity index is 973. The quantitative estimate of drug-likeness (QED) is 0.621. The van der Waals surface area contributed by atoms with Crippen LogP contribution in [-0.4, -0.2) is 9.97 Å². The molecule has 26 heavy (non-hydrogen) atoms. The van der Waals surface area contributed by atoms with E-state index in [0.29, 0.717) is 11.6 Å². The zero-order valence-electron chi connectivity index (χ0n) is 14.5. The lowest BCUT2D eigenvalue weighted by molar-refractivity contribution is 0.449. The maximum atomic E-state index is 13.9. The minimum atomic E-state index is -1.53. The van der Waals surface area contributed by atoms with E-state index in [0.717, 1.165) is 28.9 Å². The van der Waals surface area contributed by atoms with Gasteiger partial charge in [-0.3, -0.25) is 0 Å². The van der Waals surface area contributed by atoms with Crippen LogP contribution in [-0.2, 0) is 0 Å². The van der Waals surface area contributed by atoms with Crippen molar-refractivity contribution in [3.05, 3.63) is 70.7 Å². The van der Waals surface area contributed by atoms with Crippen molar-refractivity contribution < 1.29 is 13.2 Å². The van der Waals surface area contributed by atoms with Gasteiger partial charge in [0.2, 0.25) is 5.95 Å². The molecule has 0 fully saturated rings. The largest absolute Gasteiger partial charge is 0.338 e. The first-order valence-electron chi connectivity index (χ1n) is 7.94. The molecule has 1 heterocycles. The van der Waals surface area contributed by atoms with Crippen LogP contribution in [0.5, 0.6) is 0 Å². The van der Waals surface area contributed by atoms with E-state index >= 15 is 0 Å². The molecule has 0 aliphatic heterocycles. The molecular weight excluding hydrogens is 341 g/mol. The molecule has 0 unspecified atom stereocenters. The second kappa shape index (κ2) is 7.03. The van der Waals surface area contributed by atoms with Gasteiger partial charge in [-0.1, -0.05) is 17.7 Å². The highest BCUT2D eigenvalue weighted by Gasteiger charge is 2.14. The smallest absolute Gasteiger partial charge is 0.229 e. The van der Waals surface area contributed by atoms with Crippen molar-refractivity contribution in [2.75, 3.05) is 10.6 Å². The van der Waals surface area contributed by atoms with Crippen molar-refractivity contribution in [3.63, 3.8) is 0 Å². The third-order valence-corrected chi connectivity index (χ3v) is 3.78. The topological polar surface area (TPSA) is 49.8 Å². The van der Waals surface area contributed by atoms with E-state index in [2.05, 4.69) is 20.6 Å². The van der Waals surface area contributed by atoms with Gasteiger partial charge in [-0.2, -0.15) is 4.98 Å². The molecule has 0 spiro atoms. The van der Waals surface area contributed by atoms with Gasteiger partial charge in [-0.25, -0.2) is 18.2 Å². The van der Waals surface area contributed by atoms with E-state index < -0.39 is 17.5 Å². The van der Waals surface area contributed by atoms with E-state index in [-0.39, 0.29) is 11.5 Å². The molecule has 3 aromatic rings. The fourth-order valence-corrected chi connectivity index (χ4v) is 2.52. The molecule has 3 rings (SSSR count). The molecule has 0 aliphatic carbocycles. The third-order valence-electron chi connectivity index (χ3n) is 3.78. The second-order valence-electron chi connectivity index (χ2n) is 6.01. The van der Waals surface area contributed by atoms with Crippen LogP contribution in [0, 0.1) is 38.2 Å². The molecule has 0 saturated carbocycles. The van der Waals surface area contributed by atoms with Crippen LogP contribution >= 0.6 is 0 Å². The van der Waals surface area contributed by atoms with E-state index in [9.17, 15) is 13.2 Å². The maximum absolute atomic E-state index is 13.9. The number of hydrogen-bond donors (Lipinski definition) is 2. The van der Waals surface area contributed by atoms with Crippen LogP contribution in [0.1, 0.15) is 16.8 Å². The molecule has 0 saturated heterocycles. The van der Waals surface area contributed by atoms with Crippen LogP contribution in [0.25, 0.3) is 0 Å². The molecule has 4 nitrogen and oxygen atoms in total. The van der Waals surface area contributed by atoms with Crippen LogP contribution in [0.3, 0.4) is 0 Å². The average molecular weight is 358 g/mol. The van der Waals surface area contributed by atoms with Crippen molar-refractivity contribution in [1.82, 2.24) is 9.97 Å². The Kier molecular flexibility index (Phi) is 4.79. The first-order valence-corrected chi connectivity index (χ1v) is 7.94. The Morgan fingerprint density at radius 3 is 2.23 bits per heavy atom. The van der Waals surface area contributed by atoms with Crippen LogP contribution < -0.4 is 10.6 Å². The number of aromatic nitrogens is 2. The monoisotopic (exact) mass is 358 g/mol. The van der Waals surface area contributed by atoms with Gasteiger partial charge in [0.1, 0.15) is 5.82 Å². The van der Waals surface area contributed by atoms with Gasteiger partial charge in [0.15, 0.2) is 17.5 Å². The van der Waals surface area contributed by atoms with Crippen molar-refractivity contribution in [2.45, 2.75) is 20.8 Å². The molecule has 0 aliphatic rings. The van der Waals surface area contributed by atoms with E-state index in [1.54, 1.807) is 13.0 Å². The Labute approximate surface area is 149 Å². The molecule has 0 radical (unpaired) electrons. The average Bonchev–Trinajstić information content (AvgIpc) is 2.57. The summed E-state index contributed by atoms with van der Waals surface area (Å²) in [7, 11) is 0. The van der Waals surface area contributed by atoms with E-state index in [1.165, 1.54) is 0 Å². The summed E-state index contributed by atoms with van der Waals surface area (Å²) < 4.78 is 40.3. The minimum Gasteiger partial charge on any atom is -0.338 e. The molecule has 134 valence electrons. The molecule has 0 bridgehead atoms. The summed E-state index contributed by atoms with van der Waals surface area (Å²) >= 11 is 0. The highest BCUT2D eigenvalue weighted by atomic mass is 19.2. The van der Waals surface area contributed by atoms with Crippen molar-refractivity contribution in [2.24, 2.45) is 0 Å². The van der Waals surface area contributed by atoms with Gasteiger partial charge in [-0.05, 0) is 44.5 Å². The van der Waals surface area contributed by atoms with Crippen molar-refractivity contribution >= 4 is 23.1 Å². The lowest BCUT2D eigenvalue weighted by Crippen LogP contribution is -2.05. The number of anilines is 4. The predicted octanol–water partition coefficient (Wildman–Crippen LogP) is 5.31. The lowest BCUT2D eigenvalue weighted by atomic mass is 10.1. The fourth-order valence-electron chi connectivity index (χ4n) is 2.52. The van der Waals surface area contributed by atoms with Crippen LogP contribution in [0.4, 0.5) is 36.3 Å². The zero-order chi connectivity index (χ0) is 18.8. The lowest BCUT2D eigenvalue weighted by Gasteiger charge is -2.12. The van der Waals surface area contributed by atoms with E-state index in [4.69, 9.17) is 0 Å². The number of hydrogen-bond acceptors (Lipinski definition) is 4. The van der Waals surface area contributed by atoms with Crippen molar-refractivity contribution in [1.29, 1.82) is 0 Å². The van der Waals surface area contributed by atoms with Crippen LogP contribution in [0.2, 0.25) is 0 Å². The number of benzene rings is 2. The van der Waals surface area contributed by atoms with Crippen molar-refractivity contribution in [3.8, 4) is 0 Å². The number of halogens is 3. The Balaban J connectivity index is 1.89.